The number of ether oxygens (including phenoxy) is 1. The Morgan fingerprint density at radius 3 is 2.67 bits per heavy atom. The van der Waals surface area contributed by atoms with Crippen LogP contribution in [0.2, 0.25) is 0 Å². The van der Waals surface area contributed by atoms with Crippen molar-refractivity contribution < 1.29 is 19.2 Å². The molecule has 1 fully saturated rings. The molecule has 0 saturated heterocycles. The lowest BCUT2D eigenvalue weighted by Crippen LogP contribution is -2.39. The van der Waals surface area contributed by atoms with Crippen LogP contribution >= 0.6 is 0 Å². The molecule has 1 amide bonds. The maximum atomic E-state index is 12.8. The fourth-order valence-corrected chi connectivity index (χ4v) is 3.49. The molecule has 7 heteroatoms. The summed E-state index contributed by atoms with van der Waals surface area (Å²) in [4.78, 5) is 35.1. The molecule has 0 unspecified atom stereocenters. The van der Waals surface area contributed by atoms with Gasteiger partial charge in [0.25, 0.3) is 11.6 Å². The van der Waals surface area contributed by atoms with Gasteiger partial charge < -0.3 is 10.1 Å². The van der Waals surface area contributed by atoms with Crippen molar-refractivity contribution in [2.75, 3.05) is 5.32 Å². The maximum absolute atomic E-state index is 12.8. The molecular weight excluding hydrogens is 312 g/mol. The number of rotatable bonds is 3. The number of benzene rings is 1. The average Bonchev–Trinajstić information content (AvgIpc) is 2.78. The van der Waals surface area contributed by atoms with Crippen molar-refractivity contribution in [3.05, 3.63) is 45.5 Å². The topological polar surface area (TPSA) is 98.5 Å². The SMILES string of the molecule is CC1=C(C(=O)Nc2cccc([N+](=O)[O-])c2)C2(CCCCC2)OC1=O. The first-order chi connectivity index (χ1) is 11.4. The molecule has 126 valence electrons. The first kappa shape index (κ1) is 16.2. The quantitative estimate of drug-likeness (QED) is 0.521. The van der Waals surface area contributed by atoms with Crippen molar-refractivity contribution in [1.82, 2.24) is 0 Å². The van der Waals surface area contributed by atoms with E-state index in [1.807, 2.05) is 0 Å². The van der Waals surface area contributed by atoms with Crippen molar-refractivity contribution in [3.63, 3.8) is 0 Å². The van der Waals surface area contributed by atoms with Crippen LogP contribution in [0.15, 0.2) is 35.4 Å². The smallest absolute Gasteiger partial charge is 0.335 e. The Morgan fingerprint density at radius 2 is 2.00 bits per heavy atom. The van der Waals surface area contributed by atoms with Crippen LogP contribution in [0.5, 0.6) is 0 Å². The molecule has 1 aromatic carbocycles. The standard InChI is InChI=1S/C17H18N2O5/c1-11-14(17(24-16(11)21)8-3-2-4-9-17)15(20)18-12-6-5-7-13(10-12)19(22)23/h5-7,10H,2-4,8-9H2,1H3,(H,18,20). The molecule has 1 aliphatic heterocycles. The van der Waals surface area contributed by atoms with Crippen LogP contribution in [0.3, 0.4) is 0 Å². The van der Waals surface area contributed by atoms with E-state index < -0.39 is 22.4 Å². The highest BCUT2D eigenvalue weighted by atomic mass is 16.6. The van der Waals surface area contributed by atoms with Crippen LogP contribution in [-0.4, -0.2) is 22.4 Å². The Hall–Kier alpha value is -2.70. The maximum Gasteiger partial charge on any atom is 0.335 e. The number of esters is 1. The number of anilines is 1. The predicted octanol–water partition coefficient (Wildman–Crippen LogP) is 3.11. The number of hydrogen-bond acceptors (Lipinski definition) is 5. The highest BCUT2D eigenvalue weighted by Crippen LogP contribution is 2.44. The molecular formula is C17H18N2O5. The van der Waals surface area contributed by atoms with Gasteiger partial charge in [0.05, 0.1) is 10.5 Å². The van der Waals surface area contributed by atoms with E-state index in [-0.39, 0.29) is 5.69 Å². The van der Waals surface area contributed by atoms with Gasteiger partial charge in [-0.2, -0.15) is 0 Å². The van der Waals surface area contributed by atoms with E-state index >= 15 is 0 Å². The number of non-ortho nitro benzene ring substituents is 1. The van der Waals surface area contributed by atoms with Gasteiger partial charge in [-0.05, 0) is 38.7 Å². The second-order valence-electron chi connectivity index (χ2n) is 6.21. The van der Waals surface area contributed by atoms with Crippen LogP contribution in [0.1, 0.15) is 39.0 Å². The summed E-state index contributed by atoms with van der Waals surface area (Å²) in [6.45, 7) is 1.59. The van der Waals surface area contributed by atoms with Gasteiger partial charge in [-0.25, -0.2) is 4.79 Å². The third-order valence-corrected chi connectivity index (χ3v) is 4.63. The summed E-state index contributed by atoms with van der Waals surface area (Å²) in [5.41, 5.74) is 0.0486. The van der Waals surface area contributed by atoms with E-state index in [2.05, 4.69) is 5.32 Å². The molecule has 3 rings (SSSR count). The molecule has 1 saturated carbocycles. The third-order valence-electron chi connectivity index (χ3n) is 4.63. The number of amides is 1. The molecule has 1 heterocycles. The largest absolute Gasteiger partial charge is 0.451 e. The molecule has 2 aliphatic rings. The normalized spacial score (nSPS) is 19.3. The van der Waals surface area contributed by atoms with E-state index in [0.717, 1.165) is 19.3 Å². The fourth-order valence-electron chi connectivity index (χ4n) is 3.49. The van der Waals surface area contributed by atoms with Crippen molar-refractivity contribution >= 4 is 23.3 Å². The Morgan fingerprint density at radius 1 is 1.29 bits per heavy atom. The van der Waals surface area contributed by atoms with Gasteiger partial charge in [0.2, 0.25) is 0 Å². The van der Waals surface area contributed by atoms with Gasteiger partial charge in [0, 0.05) is 23.4 Å². The minimum absolute atomic E-state index is 0.107. The number of carbonyl (C=O) groups is 2. The zero-order chi connectivity index (χ0) is 17.3. The lowest BCUT2D eigenvalue weighted by atomic mass is 9.78. The number of nitrogens with one attached hydrogen (secondary N) is 1. The van der Waals surface area contributed by atoms with E-state index in [1.165, 1.54) is 18.2 Å². The number of carbonyl (C=O) groups excluding carboxylic acids is 2. The van der Waals surface area contributed by atoms with E-state index in [9.17, 15) is 19.7 Å². The Balaban J connectivity index is 1.89. The molecule has 1 aromatic rings. The molecule has 1 N–H and O–H groups in total. The Bertz CT molecular complexity index is 747. The third kappa shape index (κ3) is 2.77. The van der Waals surface area contributed by atoms with Crippen LogP contribution < -0.4 is 5.32 Å². The van der Waals surface area contributed by atoms with Crippen molar-refractivity contribution in [2.24, 2.45) is 0 Å². The second-order valence-corrected chi connectivity index (χ2v) is 6.21. The summed E-state index contributed by atoms with van der Waals surface area (Å²) >= 11 is 0. The summed E-state index contributed by atoms with van der Waals surface area (Å²) in [5, 5.41) is 13.5. The zero-order valence-electron chi connectivity index (χ0n) is 13.3. The van der Waals surface area contributed by atoms with Crippen LogP contribution in [0, 0.1) is 10.1 Å². The Labute approximate surface area is 138 Å². The van der Waals surface area contributed by atoms with Crippen LogP contribution in [0.4, 0.5) is 11.4 Å². The van der Waals surface area contributed by atoms with Crippen LogP contribution in [0.25, 0.3) is 0 Å². The second kappa shape index (κ2) is 6.07. The first-order valence-corrected chi connectivity index (χ1v) is 7.93. The fraction of sp³-hybridized carbons (Fsp3) is 0.412. The summed E-state index contributed by atoms with van der Waals surface area (Å²) in [6.07, 6.45) is 4.11. The lowest BCUT2D eigenvalue weighted by molar-refractivity contribution is -0.384. The van der Waals surface area contributed by atoms with E-state index in [0.29, 0.717) is 29.7 Å². The van der Waals surface area contributed by atoms with Crippen molar-refractivity contribution in [3.8, 4) is 0 Å². The molecule has 0 aromatic heterocycles. The number of nitro benzene ring substituents is 1. The number of nitrogens with zero attached hydrogens (tertiary/aromatic N) is 1. The number of nitro groups is 1. The monoisotopic (exact) mass is 330 g/mol. The van der Waals surface area contributed by atoms with Gasteiger partial charge in [-0.3, -0.25) is 14.9 Å². The van der Waals surface area contributed by atoms with Crippen LogP contribution in [-0.2, 0) is 14.3 Å². The molecule has 7 nitrogen and oxygen atoms in total. The van der Waals surface area contributed by atoms with E-state index in [1.54, 1.807) is 13.0 Å². The highest BCUT2D eigenvalue weighted by molar-refractivity contribution is 6.12. The van der Waals surface area contributed by atoms with Gasteiger partial charge in [0.1, 0.15) is 5.60 Å². The van der Waals surface area contributed by atoms with Gasteiger partial charge in [0.15, 0.2) is 0 Å². The van der Waals surface area contributed by atoms with Crippen molar-refractivity contribution in [1.29, 1.82) is 0 Å². The minimum atomic E-state index is -0.843. The molecule has 1 aliphatic carbocycles. The molecule has 0 radical (unpaired) electrons. The lowest BCUT2D eigenvalue weighted by Gasteiger charge is -2.33. The zero-order valence-corrected chi connectivity index (χ0v) is 13.3. The van der Waals surface area contributed by atoms with E-state index in [4.69, 9.17) is 4.74 Å². The minimum Gasteiger partial charge on any atom is -0.451 e. The molecule has 1 spiro atoms. The highest BCUT2D eigenvalue weighted by Gasteiger charge is 2.49. The average molecular weight is 330 g/mol. The van der Waals surface area contributed by atoms with Gasteiger partial charge in [-0.1, -0.05) is 12.5 Å². The summed E-state index contributed by atoms with van der Waals surface area (Å²) in [7, 11) is 0. The molecule has 0 bridgehead atoms. The predicted molar refractivity (Wildman–Crippen MR) is 86.3 cm³/mol. The summed E-state index contributed by atoms with van der Waals surface area (Å²) in [6, 6.07) is 5.72. The Kier molecular flexibility index (Phi) is 4.09. The van der Waals surface area contributed by atoms with Crippen molar-refractivity contribution in [2.45, 2.75) is 44.6 Å². The summed E-state index contributed by atoms with van der Waals surface area (Å²) < 4.78 is 5.55. The molecule has 24 heavy (non-hydrogen) atoms. The molecule has 0 atom stereocenters. The first-order valence-electron chi connectivity index (χ1n) is 7.93. The number of hydrogen-bond donors (Lipinski definition) is 1. The van der Waals surface area contributed by atoms with Gasteiger partial charge >= 0.3 is 5.97 Å². The summed E-state index contributed by atoms with van der Waals surface area (Å²) in [5.74, 6) is -0.887. The van der Waals surface area contributed by atoms with Gasteiger partial charge in [-0.15, -0.1) is 0 Å².